The Balaban J connectivity index is 1.25. The number of ketones is 1. The molecule has 0 atom stereocenters. The molecular weight excluding hydrogens is 512 g/mol. The zero-order valence-corrected chi connectivity index (χ0v) is 23.7. The summed E-state index contributed by atoms with van der Waals surface area (Å²) in [5.74, 6) is 1.99. The number of likely N-dealkylation sites (tertiary alicyclic amines) is 1. The first-order valence-corrected chi connectivity index (χ1v) is 15.2. The molecule has 1 aromatic heterocycles. The molecule has 0 radical (unpaired) electrons. The van der Waals surface area contributed by atoms with Crippen molar-refractivity contribution < 1.29 is 14.3 Å². The molecule has 2 N–H and O–H groups in total. The largest absolute Gasteiger partial charge is 0.492 e. The highest BCUT2D eigenvalue weighted by Gasteiger charge is 2.45. The van der Waals surface area contributed by atoms with Crippen molar-refractivity contribution >= 4 is 34.8 Å². The second kappa shape index (κ2) is 9.85. The van der Waals surface area contributed by atoms with Crippen molar-refractivity contribution in [2.24, 2.45) is 11.1 Å². The number of benzene rings is 2. The maximum absolute atomic E-state index is 14.0. The molecule has 3 heterocycles. The second-order valence-corrected chi connectivity index (χ2v) is 13.9. The number of carbonyl (C=O) groups excluding carboxylic acids is 2. The van der Waals surface area contributed by atoms with E-state index in [9.17, 15) is 9.59 Å². The van der Waals surface area contributed by atoms with Gasteiger partial charge in [-0.15, -0.1) is 23.1 Å². The van der Waals surface area contributed by atoms with Crippen molar-refractivity contribution in [1.82, 2.24) is 4.90 Å². The topological polar surface area (TPSA) is 72.6 Å². The number of nitrogens with zero attached hydrogens (tertiary/aromatic N) is 1. The minimum Gasteiger partial charge on any atom is -0.492 e. The summed E-state index contributed by atoms with van der Waals surface area (Å²) in [4.78, 5) is 30.1. The van der Waals surface area contributed by atoms with Crippen molar-refractivity contribution in [1.29, 1.82) is 0 Å². The average Bonchev–Trinajstić information content (AvgIpc) is 3.45. The number of Topliss-reactive ketones (excluding diaryl/α,β-unsaturated/α-hetero) is 1. The smallest absolute Gasteiger partial charge is 0.264 e. The molecule has 0 bridgehead atoms. The maximum atomic E-state index is 14.0. The van der Waals surface area contributed by atoms with Crippen LogP contribution in [0.2, 0.25) is 0 Å². The number of hydrogen-bond acceptors (Lipinski definition) is 6. The third-order valence-electron chi connectivity index (χ3n) is 8.32. The first-order valence-electron chi connectivity index (χ1n) is 13.4. The molecule has 5 nitrogen and oxygen atoms in total. The summed E-state index contributed by atoms with van der Waals surface area (Å²) in [5.41, 5.74) is 11.1. The van der Waals surface area contributed by atoms with Gasteiger partial charge in [0, 0.05) is 48.3 Å². The van der Waals surface area contributed by atoms with Crippen LogP contribution in [0.25, 0.3) is 0 Å². The van der Waals surface area contributed by atoms with Crippen molar-refractivity contribution in [3.8, 4) is 5.75 Å². The molecule has 3 aromatic rings. The highest BCUT2D eigenvalue weighted by atomic mass is 32.2. The van der Waals surface area contributed by atoms with Gasteiger partial charge in [-0.1, -0.05) is 56.3 Å². The molecule has 0 saturated carbocycles. The van der Waals surface area contributed by atoms with Gasteiger partial charge < -0.3 is 15.4 Å². The lowest BCUT2D eigenvalue weighted by atomic mass is 9.73. The zero-order valence-electron chi connectivity index (χ0n) is 22.0. The van der Waals surface area contributed by atoms with Crippen LogP contribution in [0.15, 0.2) is 52.7 Å². The minimum atomic E-state index is -0.140. The minimum absolute atomic E-state index is 0.0547. The maximum Gasteiger partial charge on any atom is 0.264 e. The Hall–Kier alpha value is -2.61. The summed E-state index contributed by atoms with van der Waals surface area (Å²) in [6.07, 6.45) is 3.03. The van der Waals surface area contributed by atoms with Gasteiger partial charge in [-0.2, -0.15) is 0 Å². The number of hydrogen-bond donors (Lipinski definition) is 1. The zero-order chi connectivity index (χ0) is 26.5. The summed E-state index contributed by atoms with van der Waals surface area (Å²) in [6, 6.07) is 16.6. The number of nitrogens with two attached hydrogens (primary N) is 1. The van der Waals surface area contributed by atoms with Gasteiger partial charge in [0.25, 0.3) is 5.91 Å². The van der Waals surface area contributed by atoms with Crippen LogP contribution in [0.5, 0.6) is 5.75 Å². The van der Waals surface area contributed by atoms with E-state index in [2.05, 4.69) is 32.0 Å². The van der Waals surface area contributed by atoms with Gasteiger partial charge in [-0.25, -0.2) is 0 Å². The molecular formula is C31H34N2O3S2. The number of piperidine rings is 1. The molecule has 3 aliphatic rings. The molecule has 1 spiro atoms. The Morgan fingerprint density at radius 2 is 1.84 bits per heavy atom. The van der Waals surface area contributed by atoms with E-state index >= 15 is 0 Å². The number of ether oxygens (including phenoxy) is 1. The van der Waals surface area contributed by atoms with Crippen molar-refractivity contribution in [3.05, 3.63) is 81.2 Å². The number of fused-ring (bicyclic) bond motifs is 3. The lowest BCUT2D eigenvalue weighted by Gasteiger charge is -2.39. The van der Waals surface area contributed by atoms with Gasteiger partial charge in [0.1, 0.15) is 5.75 Å². The van der Waals surface area contributed by atoms with E-state index < -0.39 is 0 Å². The molecule has 1 aliphatic carbocycles. The van der Waals surface area contributed by atoms with E-state index in [-0.39, 0.29) is 22.5 Å². The standard InChI is InChI=1S/C31H34N2O3S2/c1-30(2)15-22-26(24(34)16-30)29(37-18-20-6-4-3-5-7-20)38-27(22)28(35)33-12-10-31(11-13-33)19-36-25-9-8-21(17-32)14-23(25)31/h3-9,14H,10-13,15-19,32H2,1-2H3. The highest BCUT2D eigenvalue weighted by Crippen LogP contribution is 2.48. The van der Waals surface area contributed by atoms with Gasteiger partial charge in [0.2, 0.25) is 0 Å². The van der Waals surface area contributed by atoms with E-state index in [1.165, 1.54) is 22.5 Å². The van der Waals surface area contributed by atoms with E-state index in [0.717, 1.165) is 56.5 Å². The van der Waals surface area contributed by atoms with Crippen LogP contribution < -0.4 is 10.5 Å². The fourth-order valence-electron chi connectivity index (χ4n) is 6.19. The molecule has 1 saturated heterocycles. The molecule has 6 rings (SSSR count). The fraction of sp³-hybridized carbons (Fsp3) is 0.419. The predicted molar refractivity (Wildman–Crippen MR) is 153 cm³/mol. The second-order valence-electron chi connectivity index (χ2n) is 11.7. The molecule has 0 unspecified atom stereocenters. The van der Waals surface area contributed by atoms with E-state index in [1.807, 2.05) is 35.2 Å². The van der Waals surface area contributed by atoms with Crippen LogP contribution in [-0.2, 0) is 24.1 Å². The Morgan fingerprint density at radius 3 is 2.58 bits per heavy atom. The van der Waals surface area contributed by atoms with Crippen molar-refractivity contribution in [2.45, 2.75) is 61.5 Å². The number of rotatable bonds is 5. The molecule has 198 valence electrons. The number of thioether (sulfide) groups is 1. The first-order chi connectivity index (χ1) is 18.3. The first kappa shape index (κ1) is 25.7. The SMILES string of the molecule is CC1(C)CC(=O)c2c(SCc3ccccc3)sc(C(=O)N3CCC4(CC3)COc3ccc(CN)cc34)c2C1. The van der Waals surface area contributed by atoms with Gasteiger partial charge in [0.15, 0.2) is 5.78 Å². The molecule has 38 heavy (non-hydrogen) atoms. The Bertz CT molecular complexity index is 1390. The number of carbonyl (C=O) groups is 2. The lowest BCUT2D eigenvalue weighted by molar-refractivity contribution is 0.0649. The molecule has 1 fully saturated rings. The molecule has 2 aliphatic heterocycles. The van der Waals surface area contributed by atoms with E-state index in [4.69, 9.17) is 10.5 Å². The Labute approximate surface area is 232 Å². The van der Waals surface area contributed by atoms with Crippen LogP contribution in [0.4, 0.5) is 0 Å². The fourth-order valence-corrected chi connectivity index (χ4v) is 8.76. The summed E-state index contributed by atoms with van der Waals surface area (Å²) < 4.78 is 7.06. The summed E-state index contributed by atoms with van der Waals surface area (Å²) in [7, 11) is 0. The van der Waals surface area contributed by atoms with Crippen LogP contribution in [0, 0.1) is 5.41 Å². The lowest BCUT2D eigenvalue weighted by Crippen LogP contribution is -2.46. The van der Waals surface area contributed by atoms with Crippen LogP contribution in [-0.4, -0.2) is 36.3 Å². The average molecular weight is 547 g/mol. The van der Waals surface area contributed by atoms with E-state index in [0.29, 0.717) is 32.7 Å². The van der Waals surface area contributed by atoms with Gasteiger partial charge in [-0.05, 0) is 47.4 Å². The van der Waals surface area contributed by atoms with Gasteiger partial charge >= 0.3 is 0 Å². The van der Waals surface area contributed by atoms with E-state index in [1.54, 1.807) is 11.8 Å². The Morgan fingerprint density at radius 1 is 1.08 bits per heavy atom. The predicted octanol–water partition coefficient (Wildman–Crippen LogP) is 6.22. The van der Waals surface area contributed by atoms with Crippen molar-refractivity contribution in [3.63, 3.8) is 0 Å². The Kier molecular flexibility index (Phi) is 6.65. The third-order valence-corrected chi connectivity index (χ3v) is 10.9. The summed E-state index contributed by atoms with van der Waals surface area (Å²) in [5, 5.41) is 0. The van der Waals surface area contributed by atoms with Gasteiger partial charge in [-0.3, -0.25) is 9.59 Å². The number of amides is 1. The van der Waals surface area contributed by atoms with Crippen LogP contribution in [0.3, 0.4) is 0 Å². The highest BCUT2D eigenvalue weighted by molar-refractivity contribution is 8.00. The monoisotopic (exact) mass is 546 g/mol. The molecule has 1 amide bonds. The third kappa shape index (κ3) is 4.59. The normalized spacial score (nSPS) is 19.2. The summed E-state index contributed by atoms with van der Waals surface area (Å²) >= 11 is 3.22. The quantitative estimate of drug-likeness (QED) is 0.385. The van der Waals surface area contributed by atoms with Gasteiger partial charge in [0.05, 0.1) is 15.7 Å². The molecule has 7 heteroatoms. The summed E-state index contributed by atoms with van der Waals surface area (Å²) in [6.45, 7) is 6.81. The van der Waals surface area contributed by atoms with Crippen LogP contribution in [0.1, 0.15) is 75.4 Å². The number of thiophene rings is 1. The molecule has 2 aromatic carbocycles. The van der Waals surface area contributed by atoms with Crippen LogP contribution >= 0.6 is 23.1 Å². The van der Waals surface area contributed by atoms with Crippen molar-refractivity contribution in [2.75, 3.05) is 19.7 Å².